The molecule has 3 rings (SSSR count). The van der Waals surface area contributed by atoms with Crippen LogP contribution in [0.2, 0.25) is 5.02 Å². The first-order chi connectivity index (χ1) is 11.1. The van der Waals surface area contributed by atoms with Crippen LogP contribution in [0.4, 0.5) is 5.69 Å². The molecule has 1 fully saturated rings. The third-order valence-corrected chi connectivity index (χ3v) is 4.02. The lowest BCUT2D eigenvalue weighted by Crippen LogP contribution is -2.30. The summed E-state index contributed by atoms with van der Waals surface area (Å²) in [6.07, 6.45) is 1.69. The van der Waals surface area contributed by atoms with E-state index in [0.717, 1.165) is 5.56 Å². The van der Waals surface area contributed by atoms with Gasteiger partial charge in [0.2, 0.25) is 0 Å². The summed E-state index contributed by atoms with van der Waals surface area (Å²) in [5.74, 6) is 0.421. The van der Waals surface area contributed by atoms with Crippen LogP contribution in [-0.4, -0.2) is 18.1 Å². The first-order valence-electron chi connectivity index (χ1n) is 6.86. The van der Waals surface area contributed by atoms with Crippen LogP contribution in [0.15, 0.2) is 54.2 Å². The van der Waals surface area contributed by atoms with Crippen molar-refractivity contribution >= 4 is 46.6 Å². The summed E-state index contributed by atoms with van der Waals surface area (Å²) in [6.45, 7) is 0. The van der Waals surface area contributed by atoms with E-state index in [1.165, 1.54) is 4.90 Å². The van der Waals surface area contributed by atoms with Gasteiger partial charge in [0, 0.05) is 11.1 Å². The summed E-state index contributed by atoms with van der Waals surface area (Å²) in [4.78, 5) is 14.1. The molecule has 1 amide bonds. The van der Waals surface area contributed by atoms with Crippen LogP contribution in [-0.2, 0) is 4.79 Å². The number of benzene rings is 2. The average Bonchev–Trinajstić information content (AvgIpc) is 2.83. The third-order valence-electron chi connectivity index (χ3n) is 3.39. The second kappa shape index (κ2) is 6.40. The molecule has 0 unspecified atom stereocenters. The summed E-state index contributed by atoms with van der Waals surface area (Å²) in [7, 11) is 1.57. The summed E-state index contributed by atoms with van der Waals surface area (Å²) >= 11 is 11.4. The largest absolute Gasteiger partial charge is 0.497 e. The van der Waals surface area contributed by atoms with Gasteiger partial charge < -0.3 is 10.1 Å². The number of amides is 1. The molecular weight excluding hydrogens is 332 g/mol. The maximum atomic E-state index is 12.7. The highest BCUT2D eigenvalue weighted by Crippen LogP contribution is 2.27. The van der Waals surface area contributed by atoms with Gasteiger partial charge in [0.25, 0.3) is 5.91 Å². The zero-order chi connectivity index (χ0) is 16.4. The fraction of sp³-hybridized carbons (Fsp3) is 0.0588. The molecule has 1 aliphatic rings. The predicted octanol–water partition coefficient (Wildman–Crippen LogP) is 3.61. The van der Waals surface area contributed by atoms with Crippen molar-refractivity contribution in [3.8, 4) is 5.75 Å². The normalized spacial score (nSPS) is 15.9. The van der Waals surface area contributed by atoms with E-state index in [9.17, 15) is 4.79 Å². The van der Waals surface area contributed by atoms with Crippen molar-refractivity contribution in [2.75, 3.05) is 12.0 Å². The minimum absolute atomic E-state index is 0.233. The molecule has 1 aliphatic heterocycles. The van der Waals surface area contributed by atoms with Crippen molar-refractivity contribution in [1.82, 2.24) is 5.32 Å². The Labute approximate surface area is 144 Å². The number of methoxy groups -OCH3 is 1. The van der Waals surface area contributed by atoms with Gasteiger partial charge in [-0.15, -0.1) is 0 Å². The molecule has 0 atom stereocenters. The Kier molecular flexibility index (Phi) is 4.32. The molecule has 0 aliphatic carbocycles. The molecule has 1 heterocycles. The summed E-state index contributed by atoms with van der Waals surface area (Å²) in [6, 6.07) is 14.5. The number of carbonyl (C=O) groups excluding carboxylic acids is 1. The van der Waals surface area contributed by atoms with Gasteiger partial charge in [0.1, 0.15) is 11.4 Å². The number of anilines is 1. The molecule has 4 nitrogen and oxygen atoms in total. The van der Waals surface area contributed by atoms with Crippen LogP contribution in [0, 0.1) is 0 Å². The lowest BCUT2D eigenvalue weighted by Gasteiger charge is -2.14. The highest BCUT2D eigenvalue weighted by molar-refractivity contribution is 7.80. The number of thiocarbonyl (C=S) groups is 1. The smallest absolute Gasteiger partial charge is 0.281 e. The molecular formula is C17H13ClN2O2S. The Balaban J connectivity index is 1.95. The highest BCUT2D eigenvalue weighted by Gasteiger charge is 2.32. The van der Waals surface area contributed by atoms with Gasteiger partial charge in [-0.25, -0.2) is 0 Å². The summed E-state index contributed by atoms with van der Waals surface area (Å²) in [5.41, 5.74) is 1.78. The maximum absolute atomic E-state index is 12.7. The molecule has 2 aromatic carbocycles. The van der Waals surface area contributed by atoms with Crippen LogP contribution in [0.25, 0.3) is 6.08 Å². The van der Waals surface area contributed by atoms with E-state index in [4.69, 9.17) is 28.6 Å². The van der Waals surface area contributed by atoms with E-state index in [0.29, 0.717) is 27.3 Å². The number of hydrogen-bond acceptors (Lipinski definition) is 3. The van der Waals surface area contributed by atoms with Crippen molar-refractivity contribution < 1.29 is 9.53 Å². The average molecular weight is 345 g/mol. The SMILES string of the molecule is COc1cccc(N2C(=O)C(=Cc3ccccc3Cl)NC2=S)c1. The van der Waals surface area contributed by atoms with Crippen molar-refractivity contribution in [2.24, 2.45) is 0 Å². The van der Waals surface area contributed by atoms with E-state index in [1.807, 2.05) is 18.2 Å². The molecule has 2 aromatic rings. The van der Waals surface area contributed by atoms with Crippen molar-refractivity contribution in [1.29, 1.82) is 0 Å². The molecule has 0 radical (unpaired) electrons. The molecule has 0 saturated carbocycles. The molecule has 6 heteroatoms. The lowest BCUT2D eigenvalue weighted by atomic mass is 10.2. The molecule has 0 spiro atoms. The Hall–Kier alpha value is -2.37. The van der Waals surface area contributed by atoms with E-state index in [-0.39, 0.29) is 5.91 Å². The Morgan fingerprint density at radius 3 is 2.74 bits per heavy atom. The Morgan fingerprint density at radius 1 is 1.22 bits per heavy atom. The van der Waals surface area contributed by atoms with Gasteiger partial charge in [0.15, 0.2) is 5.11 Å². The van der Waals surface area contributed by atoms with E-state index in [2.05, 4.69) is 5.32 Å². The van der Waals surface area contributed by atoms with E-state index in [1.54, 1.807) is 43.5 Å². The Morgan fingerprint density at radius 2 is 2.00 bits per heavy atom. The van der Waals surface area contributed by atoms with Gasteiger partial charge in [-0.3, -0.25) is 9.69 Å². The quantitative estimate of drug-likeness (QED) is 0.682. The zero-order valence-corrected chi connectivity index (χ0v) is 13.8. The molecule has 1 saturated heterocycles. The fourth-order valence-corrected chi connectivity index (χ4v) is 2.76. The molecule has 23 heavy (non-hydrogen) atoms. The maximum Gasteiger partial charge on any atom is 0.281 e. The lowest BCUT2D eigenvalue weighted by molar-refractivity contribution is -0.113. The highest BCUT2D eigenvalue weighted by atomic mass is 35.5. The first kappa shape index (κ1) is 15.5. The second-order valence-corrected chi connectivity index (χ2v) is 5.65. The Bertz CT molecular complexity index is 820. The minimum Gasteiger partial charge on any atom is -0.497 e. The summed E-state index contributed by atoms with van der Waals surface area (Å²) < 4.78 is 5.19. The van der Waals surface area contributed by atoms with Crippen molar-refractivity contribution in [3.05, 3.63) is 64.8 Å². The molecule has 116 valence electrons. The molecule has 0 aromatic heterocycles. The topological polar surface area (TPSA) is 41.6 Å². The zero-order valence-electron chi connectivity index (χ0n) is 12.2. The third kappa shape index (κ3) is 3.06. The van der Waals surface area contributed by atoms with Crippen molar-refractivity contribution in [3.63, 3.8) is 0 Å². The van der Waals surface area contributed by atoms with E-state index < -0.39 is 0 Å². The van der Waals surface area contributed by atoms with Crippen LogP contribution in [0.3, 0.4) is 0 Å². The van der Waals surface area contributed by atoms with Crippen LogP contribution in [0.1, 0.15) is 5.56 Å². The van der Waals surface area contributed by atoms with Crippen LogP contribution >= 0.6 is 23.8 Å². The second-order valence-electron chi connectivity index (χ2n) is 4.85. The predicted molar refractivity (Wildman–Crippen MR) is 95.6 cm³/mol. The summed E-state index contributed by atoms with van der Waals surface area (Å²) in [5, 5.41) is 3.83. The fourth-order valence-electron chi connectivity index (χ4n) is 2.27. The van der Waals surface area contributed by atoms with E-state index >= 15 is 0 Å². The van der Waals surface area contributed by atoms with Crippen molar-refractivity contribution in [2.45, 2.75) is 0 Å². The number of nitrogens with one attached hydrogen (secondary N) is 1. The number of halogens is 1. The number of nitrogens with zero attached hydrogens (tertiary/aromatic N) is 1. The number of ether oxygens (including phenoxy) is 1. The van der Waals surface area contributed by atoms with Crippen LogP contribution in [0.5, 0.6) is 5.75 Å². The first-order valence-corrected chi connectivity index (χ1v) is 7.64. The van der Waals surface area contributed by atoms with Gasteiger partial charge >= 0.3 is 0 Å². The molecule has 0 bridgehead atoms. The van der Waals surface area contributed by atoms with Gasteiger partial charge in [-0.05, 0) is 42.1 Å². The number of rotatable bonds is 3. The standard InChI is InChI=1S/C17H13ClN2O2S/c1-22-13-7-4-6-12(10-13)20-16(21)15(19-17(20)23)9-11-5-2-3-8-14(11)18/h2-10H,1H3,(H,19,23). The van der Waals surface area contributed by atoms with Crippen LogP contribution < -0.4 is 15.0 Å². The number of hydrogen-bond donors (Lipinski definition) is 1. The molecule has 1 N–H and O–H groups in total. The van der Waals surface area contributed by atoms with Gasteiger partial charge in [0.05, 0.1) is 12.8 Å². The monoisotopic (exact) mass is 344 g/mol. The number of carbonyl (C=O) groups is 1. The van der Waals surface area contributed by atoms with Gasteiger partial charge in [-0.1, -0.05) is 35.9 Å². The minimum atomic E-state index is -0.233. The van der Waals surface area contributed by atoms with Gasteiger partial charge in [-0.2, -0.15) is 0 Å².